The van der Waals surface area contributed by atoms with Crippen LogP contribution in [0.25, 0.3) is 10.1 Å². The molecule has 0 radical (unpaired) electrons. The molecule has 8 heteroatoms. The van der Waals surface area contributed by atoms with E-state index >= 15 is 0 Å². The number of amides is 1. The van der Waals surface area contributed by atoms with Gasteiger partial charge in [0.05, 0.1) is 22.8 Å². The van der Waals surface area contributed by atoms with Crippen LogP contribution in [-0.2, 0) is 21.4 Å². The zero-order valence-electron chi connectivity index (χ0n) is 17.5. The minimum absolute atomic E-state index is 0.0497. The van der Waals surface area contributed by atoms with Crippen LogP contribution in [-0.4, -0.2) is 20.9 Å². The fourth-order valence-corrected chi connectivity index (χ4v) is 5.52. The van der Waals surface area contributed by atoms with Crippen molar-refractivity contribution in [3.05, 3.63) is 89.3 Å². The first-order valence-corrected chi connectivity index (χ1v) is 12.4. The van der Waals surface area contributed by atoms with E-state index in [4.69, 9.17) is 0 Å². The van der Waals surface area contributed by atoms with Crippen LogP contribution in [0.1, 0.15) is 11.1 Å². The molecule has 0 fully saturated rings. The molecule has 32 heavy (non-hydrogen) atoms. The van der Waals surface area contributed by atoms with Gasteiger partial charge in [0, 0.05) is 16.6 Å². The lowest BCUT2D eigenvalue weighted by atomic mass is 10.1. The number of benzene rings is 3. The number of aryl methyl sites for hydroxylation is 1. The predicted molar refractivity (Wildman–Crippen MR) is 131 cm³/mol. The lowest BCUT2D eigenvalue weighted by molar-refractivity contribution is -0.117. The van der Waals surface area contributed by atoms with Gasteiger partial charge < -0.3 is 10.6 Å². The van der Waals surface area contributed by atoms with Crippen molar-refractivity contribution in [2.24, 2.45) is 0 Å². The normalized spacial score (nSPS) is 11.3. The van der Waals surface area contributed by atoms with E-state index in [1.807, 2.05) is 24.3 Å². The first-order chi connectivity index (χ1) is 15.4. The molecule has 4 rings (SSSR count). The minimum Gasteiger partial charge on any atom is -0.379 e. The van der Waals surface area contributed by atoms with Gasteiger partial charge in [0.25, 0.3) is 15.9 Å². The molecule has 0 saturated heterocycles. The van der Waals surface area contributed by atoms with Gasteiger partial charge in [-0.15, -0.1) is 11.3 Å². The number of anilines is 2. The summed E-state index contributed by atoms with van der Waals surface area (Å²) in [7, 11) is -3.89. The van der Waals surface area contributed by atoms with Crippen molar-refractivity contribution in [2.75, 3.05) is 17.2 Å². The average molecular weight is 466 g/mol. The lowest BCUT2D eigenvalue weighted by Gasteiger charge is -2.14. The topological polar surface area (TPSA) is 87.3 Å². The van der Waals surface area contributed by atoms with Crippen LogP contribution in [0.2, 0.25) is 0 Å². The second-order valence-corrected chi connectivity index (χ2v) is 9.90. The molecule has 3 N–H and O–H groups in total. The van der Waals surface area contributed by atoms with Gasteiger partial charge in [0.1, 0.15) is 0 Å². The second-order valence-electron chi connectivity index (χ2n) is 7.30. The Morgan fingerprint density at radius 2 is 1.56 bits per heavy atom. The fraction of sp³-hybridized carbons (Fsp3) is 0.125. The number of hydrogen-bond donors (Lipinski definition) is 3. The molecule has 0 aliphatic carbocycles. The summed E-state index contributed by atoms with van der Waals surface area (Å²) in [6.45, 7) is 2.57. The molecule has 0 saturated carbocycles. The first-order valence-electron chi connectivity index (χ1n) is 10.1. The molecule has 0 aliphatic rings. The number of rotatable bonds is 8. The summed E-state index contributed by atoms with van der Waals surface area (Å²) in [5.74, 6) is -0.636. The summed E-state index contributed by atoms with van der Waals surface area (Å²) < 4.78 is 28.0. The smallest absolute Gasteiger partial charge is 0.264 e. The third kappa shape index (κ3) is 4.92. The second kappa shape index (κ2) is 9.42. The minimum atomic E-state index is -3.89. The Balaban J connectivity index is 1.41. The van der Waals surface area contributed by atoms with Crippen LogP contribution in [0.15, 0.2) is 83.1 Å². The molecule has 0 bridgehead atoms. The molecule has 164 valence electrons. The van der Waals surface area contributed by atoms with E-state index in [-0.39, 0.29) is 11.4 Å². The average Bonchev–Trinajstić information content (AvgIpc) is 3.21. The van der Waals surface area contributed by atoms with Gasteiger partial charge in [-0.25, -0.2) is 13.1 Å². The molecule has 3 aromatic carbocycles. The molecule has 0 aliphatic heterocycles. The van der Waals surface area contributed by atoms with E-state index in [1.165, 1.54) is 33.3 Å². The summed E-state index contributed by atoms with van der Waals surface area (Å²) in [4.78, 5) is 12.3. The summed E-state index contributed by atoms with van der Waals surface area (Å²) in [6.07, 6.45) is 0. The van der Waals surface area contributed by atoms with Crippen LogP contribution in [0.4, 0.5) is 11.4 Å². The Morgan fingerprint density at radius 1 is 0.875 bits per heavy atom. The lowest BCUT2D eigenvalue weighted by Crippen LogP contribution is -2.35. The molecule has 6 nitrogen and oxygen atoms in total. The fourth-order valence-electron chi connectivity index (χ4n) is 3.48. The summed E-state index contributed by atoms with van der Waals surface area (Å²) in [5.41, 5.74) is 4.00. The number of fused-ring (bicyclic) bond motifs is 1. The van der Waals surface area contributed by atoms with E-state index in [0.717, 1.165) is 11.4 Å². The van der Waals surface area contributed by atoms with Crippen LogP contribution >= 0.6 is 11.3 Å². The van der Waals surface area contributed by atoms with E-state index in [1.54, 1.807) is 29.5 Å². The largest absolute Gasteiger partial charge is 0.379 e. The maximum atomic E-state index is 12.3. The highest BCUT2D eigenvalue weighted by Gasteiger charge is 2.17. The van der Waals surface area contributed by atoms with Gasteiger partial charge >= 0.3 is 0 Å². The van der Waals surface area contributed by atoms with E-state index < -0.39 is 15.9 Å². The molecule has 1 amide bonds. The molecular formula is C24H23N3O3S2. The monoisotopic (exact) mass is 465 g/mol. The number of para-hydroxylation sites is 2. The van der Waals surface area contributed by atoms with Gasteiger partial charge in [-0.05, 0) is 53.8 Å². The van der Waals surface area contributed by atoms with Crippen molar-refractivity contribution in [1.29, 1.82) is 0 Å². The molecule has 1 aromatic heterocycles. The number of hydrogen-bond acceptors (Lipinski definition) is 6. The maximum absolute atomic E-state index is 12.3. The molecule has 0 unspecified atom stereocenters. The third-order valence-electron chi connectivity index (χ3n) is 5.02. The van der Waals surface area contributed by atoms with E-state index in [2.05, 4.69) is 45.9 Å². The number of thiophene rings is 1. The number of nitrogens with one attached hydrogen (secondary N) is 3. The summed E-state index contributed by atoms with van der Waals surface area (Å²) in [5, 5.41) is 9.88. The molecule has 0 spiro atoms. The Morgan fingerprint density at radius 3 is 2.31 bits per heavy atom. The number of carbonyl (C=O) groups excluding carboxylic acids is 1. The van der Waals surface area contributed by atoms with Crippen molar-refractivity contribution in [3.63, 3.8) is 0 Å². The Bertz CT molecular complexity index is 1350. The zero-order valence-corrected chi connectivity index (χ0v) is 19.1. The highest BCUT2D eigenvalue weighted by molar-refractivity contribution is 7.90. The van der Waals surface area contributed by atoms with Crippen molar-refractivity contribution in [3.8, 4) is 0 Å². The van der Waals surface area contributed by atoms with E-state index in [0.29, 0.717) is 6.54 Å². The van der Waals surface area contributed by atoms with Crippen molar-refractivity contribution in [2.45, 2.75) is 18.4 Å². The first kappa shape index (κ1) is 21.9. The van der Waals surface area contributed by atoms with Crippen LogP contribution in [0.3, 0.4) is 0 Å². The van der Waals surface area contributed by atoms with Crippen LogP contribution < -0.4 is 15.4 Å². The number of sulfonamides is 1. The van der Waals surface area contributed by atoms with Crippen LogP contribution in [0, 0.1) is 6.92 Å². The third-order valence-corrected chi connectivity index (χ3v) is 7.41. The van der Waals surface area contributed by atoms with Crippen molar-refractivity contribution < 1.29 is 13.2 Å². The van der Waals surface area contributed by atoms with Gasteiger partial charge in [0.15, 0.2) is 0 Å². The standard InChI is InChI=1S/C24H23N3O3S2/c1-17-8-7-13-22-24(17)18(16-31-22)14-25-20-11-5-6-12-21(20)26-15-23(28)27-32(29,30)19-9-3-2-4-10-19/h2-13,16,25-26H,14-15H2,1H3,(H,27,28). The zero-order chi connectivity index (χ0) is 22.6. The molecule has 1 heterocycles. The van der Waals surface area contributed by atoms with Gasteiger partial charge in [0.2, 0.25) is 0 Å². The Kier molecular flexibility index (Phi) is 6.43. The van der Waals surface area contributed by atoms with Gasteiger partial charge in [-0.1, -0.05) is 42.5 Å². The highest BCUT2D eigenvalue weighted by Crippen LogP contribution is 2.30. The highest BCUT2D eigenvalue weighted by atomic mass is 32.2. The van der Waals surface area contributed by atoms with Gasteiger partial charge in [-0.3, -0.25) is 4.79 Å². The van der Waals surface area contributed by atoms with Gasteiger partial charge in [-0.2, -0.15) is 0 Å². The molecular weight excluding hydrogens is 442 g/mol. The maximum Gasteiger partial charge on any atom is 0.264 e. The van der Waals surface area contributed by atoms with Crippen molar-refractivity contribution in [1.82, 2.24) is 4.72 Å². The van der Waals surface area contributed by atoms with Crippen molar-refractivity contribution >= 4 is 48.7 Å². The quantitative estimate of drug-likeness (QED) is 0.350. The van der Waals surface area contributed by atoms with Crippen LogP contribution in [0.5, 0.6) is 0 Å². The summed E-state index contributed by atoms with van der Waals surface area (Å²) >= 11 is 1.72. The summed E-state index contributed by atoms with van der Waals surface area (Å²) in [6, 6.07) is 21.6. The van der Waals surface area contributed by atoms with E-state index in [9.17, 15) is 13.2 Å². The molecule has 0 atom stereocenters. The molecule has 4 aromatic rings. The predicted octanol–water partition coefficient (Wildman–Crippen LogP) is 4.74. The Hall–Kier alpha value is -3.36. The SMILES string of the molecule is Cc1cccc2scc(CNc3ccccc3NCC(=O)NS(=O)(=O)c3ccccc3)c12. The number of carbonyl (C=O) groups is 1. The Labute approximate surface area is 191 Å².